The van der Waals surface area contributed by atoms with Crippen LogP contribution in [0.2, 0.25) is 0 Å². The highest BCUT2D eigenvalue weighted by Gasteiger charge is 2.47. The van der Waals surface area contributed by atoms with Crippen LogP contribution in [0.15, 0.2) is 0 Å². The molecule has 27 heavy (non-hydrogen) atoms. The van der Waals surface area contributed by atoms with Gasteiger partial charge in [0.05, 0.1) is 32.5 Å². The van der Waals surface area contributed by atoms with E-state index in [1.807, 2.05) is 0 Å². The summed E-state index contributed by atoms with van der Waals surface area (Å²) >= 11 is 3.96. The molecular weight excluding hydrogens is 388 g/mol. The van der Waals surface area contributed by atoms with Crippen LogP contribution < -0.4 is 0 Å². The number of hydrogen-bond acceptors (Lipinski definition) is 12. The van der Waals surface area contributed by atoms with Crippen LogP contribution in [0.25, 0.3) is 0 Å². The van der Waals surface area contributed by atoms with Gasteiger partial charge in [-0.25, -0.2) is 0 Å². The Hall–Kier alpha value is -0.0900. The van der Waals surface area contributed by atoms with Crippen molar-refractivity contribution in [2.24, 2.45) is 0 Å². The Morgan fingerprint density at radius 2 is 1.74 bits per heavy atom. The molecule has 4 unspecified atom stereocenters. The minimum absolute atomic E-state index is 0.128. The lowest BCUT2D eigenvalue weighted by molar-refractivity contribution is -0.341. The first kappa shape index (κ1) is 24.9. The predicted molar refractivity (Wildman–Crippen MR) is 93.0 cm³/mol. The summed E-state index contributed by atoms with van der Waals surface area (Å²) in [5.74, 6) is 0.340. The zero-order chi connectivity index (χ0) is 20.6. The molecule has 1 aliphatic rings. The summed E-state index contributed by atoms with van der Waals surface area (Å²) in [4.78, 5) is 0. The molecule has 1 rings (SSSR count). The van der Waals surface area contributed by atoms with Crippen molar-refractivity contribution in [2.75, 3.05) is 32.2 Å². The molecule has 9 atom stereocenters. The van der Waals surface area contributed by atoms with E-state index in [1.165, 1.54) is 6.92 Å². The maximum atomic E-state index is 10.3. The minimum atomic E-state index is -1.60. The Morgan fingerprint density at radius 3 is 2.22 bits per heavy atom. The molecule has 11 nitrogen and oxygen atoms in total. The summed E-state index contributed by atoms with van der Waals surface area (Å²) in [5.41, 5.74) is 0. The van der Waals surface area contributed by atoms with Gasteiger partial charge in [-0.15, -0.1) is 0 Å². The molecule has 7 N–H and O–H groups in total. The van der Waals surface area contributed by atoms with E-state index in [-0.39, 0.29) is 6.61 Å². The van der Waals surface area contributed by atoms with Crippen molar-refractivity contribution < 1.29 is 54.7 Å². The van der Waals surface area contributed by atoms with Crippen LogP contribution in [0.5, 0.6) is 0 Å². The lowest BCUT2D eigenvalue weighted by atomic mass is 9.99. The van der Waals surface area contributed by atoms with E-state index in [1.54, 1.807) is 0 Å². The second kappa shape index (κ2) is 12.5. The van der Waals surface area contributed by atoms with E-state index in [2.05, 4.69) is 12.6 Å². The Labute approximate surface area is 162 Å². The molecule has 12 heteroatoms. The second-order valence-corrected chi connectivity index (χ2v) is 6.57. The van der Waals surface area contributed by atoms with E-state index in [9.17, 15) is 35.7 Å². The van der Waals surface area contributed by atoms with Crippen LogP contribution in [0.4, 0.5) is 0 Å². The van der Waals surface area contributed by atoms with Crippen LogP contribution in [-0.4, -0.2) is 123 Å². The fourth-order valence-electron chi connectivity index (χ4n) is 2.46. The number of aliphatic hydroxyl groups is 7. The molecule has 1 fully saturated rings. The molecule has 1 aliphatic heterocycles. The van der Waals surface area contributed by atoms with Crippen molar-refractivity contribution in [2.45, 2.75) is 62.2 Å². The molecule has 0 aromatic heterocycles. The Balaban J connectivity index is 2.91. The molecule has 0 aromatic carbocycles. The molecular formula is C15H30O11S. The van der Waals surface area contributed by atoms with Crippen LogP contribution in [0, 0.1) is 0 Å². The number of rotatable bonds is 12. The number of thiol groups is 1. The average Bonchev–Trinajstić information content (AvgIpc) is 2.66. The second-order valence-electron chi connectivity index (χ2n) is 6.12. The zero-order valence-electron chi connectivity index (χ0n) is 14.9. The SMILES string of the molecule is C[C@H](O)C(CO)O[C@@H](O[C@@H]1C(CO)O[C@@H](OCCS)C(O)C1O)[C@@H](O)CO. The van der Waals surface area contributed by atoms with E-state index in [0.717, 1.165) is 0 Å². The van der Waals surface area contributed by atoms with Crippen molar-refractivity contribution in [3.05, 3.63) is 0 Å². The molecule has 0 aliphatic carbocycles. The smallest absolute Gasteiger partial charge is 0.186 e. The van der Waals surface area contributed by atoms with Gasteiger partial charge in [-0.1, -0.05) is 0 Å². The van der Waals surface area contributed by atoms with E-state index in [0.29, 0.717) is 5.75 Å². The third-order valence-electron chi connectivity index (χ3n) is 4.01. The Kier molecular flexibility index (Phi) is 11.5. The summed E-state index contributed by atoms with van der Waals surface area (Å²) in [6.07, 6.45) is -12.3. The molecule has 0 amide bonds. The number of aliphatic hydroxyl groups excluding tert-OH is 7. The van der Waals surface area contributed by atoms with Crippen molar-refractivity contribution >= 4 is 12.6 Å². The standard InChI is InChI=1S/C15H30O11S/c1-7(19)9(5-17)24-14(8(20)4-16)26-13-10(6-18)25-15(23-2-3-27)12(22)11(13)21/h7-22,27H,2-6H2,1H3/t7-,8-,9?,10?,11?,12?,13+,14-,15+/m0/s1. The summed E-state index contributed by atoms with van der Waals surface area (Å²) in [6, 6.07) is 0. The van der Waals surface area contributed by atoms with E-state index in [4.69, 9.17) is 18.9 Å². The Morgan fingerprint density at radius 1 is 1.07 bits per heavy atom. The first-order valence-corrected chi connectivity index (χ1v) is 9.17. The third kappa shape index (κ3) is 7.03. The third-order valence-corrected chi connectivity index (χ3v) is 4.20. The zero-order valence-corrected chi connectivity index (χ0v) is 15.8. The molecule has 0 aromatic rings. The monoisotopic (exact) mass is 418 g/mol. The number of hydrogen-bond donors (Lipinski definition) is 8. The largest absolute Gasteiger partial charge is 0.394 e. The number of ether oxygens (including phenoxy) is 4. The predicted octanol–water partition coefficient (Wildman–Crippen LogP) is -3.81. The van der Waals surface area contributed by atoms with Gasteiger partial charge in [-0.05, 0) is 6.92 Å². The van der Waals surface area contributed by atoms with Gasteiger partial charge in [0, 0.05) is 5.75 Å². The molecule has 0 bridgehead atoms. The van der Waals surface area contributed by atoms with Crippen LogP contribution in [0.1, 0.15) is 6.92 Å². The van der Waals surface area contributed by atoms with Gasteiger partial charge in [0.1, 0.15) is 36.6 Å². The summed E-state index contributed by atoms with van der Waals surface area (Å²) in [7, 11) is 0. The minimum Gasteiger partial charge on any atom is -0.394 e. The van der Waals surface area contributed by atoms with Gasteiger partial charge in [-0.3, -0.25) is 0 Å². The van der Waals surface area contributed by atoms with Gasteiger partial charge < -0.3 is 54.7 Å². The molecule has 162 valence electrons. The molecule has 1 saturated heterocycles. The van der Waals surface area contributed by atoms with Gasteiger partial charge >= 0.3 is 0 Å². The first-order chi connectivity index (χ1) is 12.8. The summed E-state index contributed by atoms with van der Waals surface area (Å²) in [5, 5.41) is 68.0. The van der Waals surface area contributed by atoms with Gasteiger partial charge in [0.15, 0.2) is 12.6 Å². The van der Waals surface area contributed by atoms with Crippen molar-refractivity contribution in [3.8, 4) is 0 Å². The van der Waals surface area contributed by atoms with Crippen LogP contribution in [0.3, 0.4) is 0 Å². The molecule has 0 saturated carbocycles. The molecule has 0 radical (unpaired) electrons. The van der Waals surface area contributed by atoms with Gasteiger partial charge in [0.25, 0.3) is 0 Å². The van der Waals surface area contributed by atoms with Crippen molar-refractivity contribution in [1.29, 1.82) is 0 Å². The normalized spacial score (nSPS) is 33.4. The fraction of sp³-hybridized carbons (Fsp3) is 1.00. The lowest BCUT2D eigenvalue weighted by Crippen LogP contribution is -2.61. The van der Waals surface area contributed by atoms with Crippen molar-refractivity contribution in [1.82, 2.24) is 0 Å². The van der Waals surface area contributed by atoms with Crippen LogP contribution >= 0.6 is 12.6 Å². The highest BCUT2D eigenvalue weighted by Crippen LogP contribution is 2.26. The van der Waals surface area contributed by atoms with E-state index < -0.39 is 75.1 Å². The lowest BCUT2D eigenvalue weighted by Gasteiger charge is -2.43. The Bertz CT molecular complexity index is 400. The highest BCUT2D eigenvalue weighted by atomic mass is 32.1. The molecule has 0 spiro atoms. The average molecular weight is 418 g/mol. The van der Waals surface area contributed by atoms with Crippen LogP contribution in [-0.2, 0) is 18.9 Å². The molecule has 1 heterocycles. The van der Waals surface area contributed by atoms with Gasteiger partial charge in [-0.2, -0.15) is 12.6 Å². The summed E-state index contributed by atoms with van der Waals surface area (Å²) < 4.78 is 21.3. The van der Waals surface area contributed by atoms with Crippen molar-refractivity contribution in [3.63, 3.8) is 0 Å². The quantitative estimate of drug-likeness (QED) is 0.115. The summed E-state index contributed by atoms with van der Waals surface area (Å²) in [6.45, 7) is -0.539. The first-order valence-electron chi connectivity index (χ1n) is 8.54. The fourth-order valence-corrected chi connectivity index (χ4v) is 2.57. The van der Waals surface area contributed by atoms with E-state index >= 15 is 0 Å². The maximum Gasteiger partial charge on any atom is 0.186 e. The topological polar surface area (TPSA) is 179 Å². The van der Waals surface area contributed by atoms with Gasteiger partial charge in [0.2, 0.25) is 0 Å². The maximum absolute atomic E-state index is 10.3. The highest BCUT2D eigenvalue weighted by molar-refractivity contribution is 7.80.